The van der Waals surface area contributed by atoms with Crippen LogP contribution in [0.3, 0.4) is 0 Å². The minimum Gasteiger partial charge on any atom is -0.456 e. The number of rotatable bonds is 11. The normalized spacial score (nSPS) is 12.2. The molecule has 0 radical (unpaired) electrons. The van der Waals surface area contributed by atoms with Gasteiger partial charge in [0.15, 0.2) is 23.3 Å². The summed E-state index contributed by atoms with van der Waals surface area (Å²) in [7, 11) is 0. The van der Waals surface area contributed by atoms with Crippen molar-refractivity contribution in [2.75, 3.05) is 0 Å². The number of hydrogen-bond donors (Lipinski definition) is 0. The van der Waals surface area contributed by atoms with Crippen LogP contribution in [0.25, 0.3) is 292 Å². The highest BCUT2D eigenvalue weighted by Crippen LogP contribution is 2.54. The molecule has 688 valence electrons. The number of para-hydroxylation sites is 16. The molecule has 0 atom stereocenters. The van der Waals surface area contributed by atoms with E-state index >= 15 is 0 Å². The molecule has 33 aromatic rings. The lowest BCUT2D eigenvalue weighted by molar-refractivity contribution is 0.669. The highest BCUT2D eigenvalue weighted by molar-refractivity contribution is 6.22. The zero-order valence-electron chi connectivity index (χ0n) is 79.4. The Kier molecular flexibility index (Phi) is 17.4. The first-order valence-corrected chi connectivity index (χ1v) is 50.2. The molecule has 0 aliphatic rings. The Bertz CT molecular complexity index is 10600. The molecular formula is C133H80N14O. The summed E-state index contributed by atoms with van der Waals surface area (Å²) in [5.41, 5.74) is 29.7. The molecule has 0 saturated heterocycles. The fraction of sp³-hybridized carbons (Fsp3) is 0. The third-order valence-corrected chi connectivity index (χ3v) is 30.9. The van der Waals surface area contributed by atoms with Crippen LogP contribution in [0.1, 0.15) is 0 Å². The molecule has 15 nitrogen and oxygen atoms in total. The van der Waals surface area contributed by atoms with Crippen LogP contribution in [-0.4, -0.2) is 66.0 Å². The maximum atomic E-state index is 6.59. The van der Waals surface area contributed by atoms with Crippen molar-refractivity contribution in [3.05, 3.63) is 486 Å². The zero-order chi connectivity index (χ0) is 96.6. The van der Waals surface area contributed by atoms with Crippen LogP contribution >= 0.6 is 0 Å². The second-order valence-electron chi connectivity index (χ2n) is 38.5. The molecule has 0 saturated carbocycles. The van der Waals surface area contributed by atoms with Crippen LogP contribution in [0, 0.1) is 0 Å². The average molecular weight is 1890 g/mol. The van der Waals surface area contributed by atoms with Crippen molar-refractivity contribution in [3.8, 4) is 74.0 Å². The molecule has 148 heavy (non-hydrogen) atoms. The minimum absolute atomic E-state index is 0.747. The molecule has 0 unspecified atom stereocenters. The number of benzene rings is 18. The summed E-state index contributed by atoms with van der Waals surface area (Å²) in [6.07, 6.45) is 11.6. The van der Waals surface area contributed by atoms with E-state index in [9.17, 15) is 0 Å². The number of aromatic nitrogens is 14. The molecule has 15 aromatic heterocycles. The second-order valence-corrected chi connectivity index (χ2v) is 38.5. The van der Waals surface area contributed by atoms with Crippen LogP contribution in [0.15, 0.2) is 491 Å². The van der Waals surface area contributed by atoms with Gasteiger partial charge in [0.2, 0.25) is 0 Å². The van der Waals surface area contributed by atoms with Gasteiger partial charge >= 0.3 is 0 Å². The zero-order valence-corrected chi connectivity index (χ0v) is 79.4. The quantitative estimate of drug-likeness (QED) is 0.127. The Balaban J connectivity index is 0.000000132. The molecule has 0 N–H and O–H groups in total. The molecule has 0 amide bonds. The Hall–Kier alpha value is -20.3. The summed E-state index contributed by atoms with van der Waals surface area (Å²) in [4.78, 5) is 26.9. The SMILES string of the molecule is c1ccc(-n2c3ccccc3c3cc(-c4c(-n5c6ccccc6c6ccccc65)c(-n5c6ccccc6c6ccccc65)nc(-n5c6ccccc6c6ccccc65)c4-n4c5ccccc5c5ccccc54)ccc32)cc1.c1ccc2c(c1)oc1ccc(-c3c(-n4c5ccccc5c5cnccc54)c(-n4c5ccccc5c5ccccc54)nc(-n4c5ccccc5c5cnccc54)c3-n3c4ccccc4c4cnccc43)cc12. The van der Waals surface area contributed by atoms with Gasteiger partial charge in [-0.2, -0.15) is 0 Å². The van der Waals surface area contributed by atoms with E-state index in [0.29, 0.717) is 0 Å². The van der Waals surface area contributed by atoms with Gasteiger partial charge in [0.05, 0.1) is 99.3 Å². The summed E-state index contributed by atoms with van der Waals surface area (Å²) in [6.45, 7) is 0. The van der Waals surface area contributed by atoms with Crippen LogP contribution < -0.4 is 0 Å². The smallest absolute Gasteiger partial charge is 0.165 e. The van der Waals surface area contributed by atoms with E-state index in [0.717, 1.165) is 244 Å². The van der Waals surface area contributed by atoms with E-state index in [-0.39, 0.29) is 0 Å². The van der Waals surface area contributed by atoms with E-state index < -0.39 is 0 Å². The fourth-order valence-electron chi connectivity index (χ4n) is 24.9. The van der Waals surface area contributed by atoms with Crippen LogP contribution in [0.2, 0.25) is 0 Å². The van der Waals surface area contributed by atoms with Gasteiger partial charge in [0.25, 0.3) is 0 Å². The van der Waals surface area contributed by atoms with Crippen molar-refractivity contribution in [1.82, 2.24) is 66.0 Å². The van der Waals surface area contributed by atoms with Gasteiger partial charge in [-0.05, 0) is 157 Å². The lowest BCUT2D eigenvalue weighted by Crippen LogP contribution is -2.16. The molecule has 33 rings (SSSR count). The average Bonchev–Trinajstić information content (AvgIpc) is 1.52. The van der Waals surface area contributed by atoms with Gasteiger partial charge in [0, 0.05) is 162 Å². The number of nitrogens with zero attached hydrogens (tertiary/aromatic N) is 14. The Morgan fingerprint density at radius 2 is 0.358 bits per heavy atom. The summed E-state index contributed by atoms with van der Waals surface area (Å²) < 4.78 is 28.5. The number of pyridine rings is 5. The predicted octanol–water partition coefficient (Wildman–Crippen LogP) is 33.5. The second kappa shape index (κ2) is 31.6. The fourth-order valence-corrected chi connectivity index (χ4v) is 24.9. The lowest BCUT2D eigenvalue weighted by atomic mass is 9.98. The maximum absolute atomic E-state index is 6.59. The third-order valence-electron chi connectivity index (χ3n) is 30.9. The van der Waals surface area contributed by atoms with E-state index in [1.807, 2.05) is 49.3 Å². The largest absolute Gasteiger partial charge is 0.456 e. The Labute approximate surface area is 842 Å². The first-order chi connectivity index (χ1) is 73.6. The van der Waals surface area contributed by atoms with E-state index in [1.54, 1.807) is 0 Å². The first kappa shape index (κ1) is 81.4. The number of fused-ring (bicyclic) bond motifs is 30. The topological polar surface area (TPSA) is 122 Å². The molecule has 15 heteroatoms. The van der Waals surface area contributed by atoms with Crippen molar-refractivity contribution in [2.45, 2.75) is 0 Å². The summed E-state index contributed by atoms with van der Waals surface area (Å²) in [5.74, 6) is 3.14. The van der Waals surface area contributed by atoms with Gasteiger partial charge in [-0.25, -0.2) is 9.97 Å². The minimum atomic E-state index is 0.747. The van der Waals surface area contributed by atoms with Crippen LogP contribution in [0.4, 0.5) is 0 Å². The van der Waals surface area contributed by atoms with Crippen LogP contribution in [0.5, 0.6) is 0 Å². The highest BCUT2D eigenvalue weighted by atomic mass is 16.3. The highest BCUT2D eigenvalue weighted by Gasteiger charge is 2.37. The van der Waals surface area contributed by atoms with Crippen molar-refractivity contribution in [2.24, 2.45) is 0 Å². The van der Waals surface area contributed by atoms with E-state index in [4.69, 9.17) is 29.3 Å². The van der Waals surface area contributed by atoms with E-state index in [1.165, 1.54) is 48.5 Å². The molecule has 18 aromatic carbocycles. The van der Waals surface area contributed by atoms with Crippen LogP contribution in [-0.2, 0) is 0 Å². The van der Waals surface area contributed by atoms with Gasteiger partial charge < -0.3 is 27.3 Å². The van der Waals surface area contributed by atoms with E-state index in [2.05, 4.69) is 478 Å². The van der Waals surface area contributed by atoms with Crippen molar-refractivity contribution in [3.63, 3.8) is 0 Å². The van der Waals surface area contributed by atoms with Crippen molar-refractivity contribution >= 4 is 218 Å². The summed E-state index contributed by atoms with van der Waals surface area (Å²) >= 11 is 0. The van der Waals surface area contributed by atoms with Gasteiger partial charge in [-0.1, -0.05) is 303 Å². The molecule has 0 aliphatic heterocycles. The molecular weight excluding hydrogens is 1810 g/mol. The standard InChI is InChI=1S/C71H44N6.C62H36N8O/c1-2-22-46(23-3-1)73-57-33-13-12-32-55(57)56-44-45(42-43-66(56)73)67-68(74-58-34-14-4-24-47(58)48-25-5-15-35-59(48)74)70(76-62-38-18-8-28-51(62)52-29-9-19-39-63(52)76)72-71(77-64-40-20-10-30-53(64)54-31-11-21-41-65(54)77)69(67)75-60-36-16-6-26-49(60)50-27-7-17-37-61(50)75;1-9-21-50-38(13-1)39-14-2-10-22-51(39)69(50)61-59(67-48-19-7-3-15-40(48)45-34-63-30-27-53(45)67)58(37-25-26-57-44(33-37)43-18-6-12-24-56(43)71-57)60(68-49-20-8-4-16-41(49)46-35-64-31-28-54(46)68)62(66-61)70-52-23-11-5-17-42(52)47-36-65-32-29-55(47)70/h1-44H;1-36H. The third kappa shape index (κ3) is 11.5. The molecule has 0 fully saturated rings. The van der Waals surface area contributed by atoms with Gasteiger partial charge in [-0.15, -0.1) is 0 Å². The molecule has 0 spiro atoms. The molecule has 0 bridgehead atoms. The summed E-state index contributed by atoms with van der Waals surface area (Å²) in [6, 6.07) is 162. The Morgan fingerprint density at radius 1 is 0.149 bits per heavy atom. The lowest BCUT2D eigenvalue weighted by Gasteiger charge is -2.27. The number of hydrogen-bond acceptors (Lipinski definition) is 6. The monoisotopic (exact) mass is 1890 g/mol. The maximum Gasteiger partial charge on any atom is 0.165 e. The number of furan rings is 1. The molecule has 0 aliphatic carbocycles. The predicted molar refractivity (Wildman–Crippen MR) is 609 cm³/mol. The van der Waals surface area contributed by atoms with Gasteiger partial charge in [-0.3, -0.25) is 33.2 Å². The first-order valence-electron chi connectivity index (χ1n) is 50.2. The van der Waals surface area contributed by atoms with Crippen molar-refractivity contribution < 1.29 is 4.42 Å². The van der Waals surface area contributed by atoms with Crippen molar-refractivity contribution in [1.29, 1.82) is 0 Å². The molecule has 15 heterocycles. The summed E-state index contributed by atoms with van der Waals surface area (Å²) in [5, 5.41) is 22.4. The van der Waals surface area contributed by atoms with Gasteiger partial charge in [0.1, 0.15) is 33.9 Å². The Morgan fingerprint density at radius 3 is 0.662 bits per heavy atom.